The molecule has 0 aromatic rings. The van der Waals surface area contributed by atoms with Gasteiger partial charge in [0.05, 0.1) is 6.61 Å². The Balaban J connectivity index is 3.99. The third-order valence-corrected chi connectivity index (χ3v) is 8.90. The number of unbranched alkanes of at least 4 members (excludes halogenated alkanes) is 20. The smallest absolute Gasteiger partial charge is 0.462 e. The summed E-state index contributed by atoms with van der Waals surface area (Å²) in [5.74, 6) is -0.906. The topological polar surface area (TPSA) is 119 Å². The van der Waals surface area contributed by atoms with Crippen molar-refractivity contribution in [2.24, 2.45) is 0 Å². The van der Waals surface area contributed by atoms with Crippen LogP contribution in [0, 0.1) is 0 Å². The first-order chi connectivity index (χ1) is 23.8. The lowest BCUT2D eigenvalue weighted by molar-refractivity contribution is -0.161. The van der Waals surface area contributed by atoms with Crippen molar-refractivity contribution >= 4 is 19.8 Å². The number of allylic oxidation sites excluding steroid dienone is 6. The molecular formula is C40H73O8P. The Morgan fingerprint density at radius 1 is 0.531 bits per heavy atom. The van der Waals surface area contributed by atoms with Gasteiger partial charge in [0.25, 0.3) is 0 Å². The largest absolute Gasteiger partial charge is 0.469 e. The number of ether oxygens (including phenoxy) is 2. The Bertz CT molecular complexity index is 895. The van der Waals surface area contributed by atoms with E-state index >= 15 is 0 Å². The Hall–Kier alpha value is -1.73. The van der Waals surface area contributed by atoms with Gasteiger partial charge in [-0.1, -0.05) is 159 Å². The van der Waals surface area contributed by atoms with Crippen LogP contribution in [0.3, 0.4) is 0 Å². The first kappa shape index (κ1) is 47.3. The average molecular weight is 713 g/mol. The average Bonchev–Trinajstić information content (AvgIpc) is 3.07. The molecule has 0 aliphatic heterocycles. The van der Waals surface area contributed by atoms with Gasteiger partial charge in [-0.05, 0) is 51.4 Å². The van der Waals surface area contributed by atoms with E-state index in [-0.39, 0.29) is 19.4 Å². The van der Waals surface area contributed by atoms with Crippen LogP contribution < -0.4 is 0 Å². The number of phosphoric acid groups is 1. The third-order valence-electron chi connectivity index (χ3n) is 8.41. The molecule has 0 aromatic carbocycles. The van der Waals surface area contributed by atoms with Gasteiger partial charge in [0.15, 0.2) is 6.10 Å². The zero-order valence-electron chi connectivity index (χ0n) is 31.3. The highest BCUT2D eigenvalue weighted by molar-refractivity contribution is 7.46. The second kappa shape index (κ2) is 36.1. The number of rotatable bonds is 36. The Morgan fingerprint density at radius 2 is 0.918 bits per heavy atom. The molecule has 286 valence electrons. The predicted molar refractivity (Wildman–Crippen MR) is 202 cm³/mol. The number of phosphoric ester groups is 1. The van der Waals surface area contributed by atoms with Gasteiger partial charge < -0.3 is 19.3 Å². The van der Waals surface area contributed by atoms with E-state index in [1.54, 1.807) is 0 Å². The van der Waals surface area contributed by atoms with Crippen LogP contribution in [0.2, 0.25) is 0 Å². The molecule has 0 saturated carbocycles. The van der Waals surface area contributed by atoms with E-state index in [2.05, 4.69) is 54.8 Å². The lowest BCUT2D eigenvalue weighted by atomic mass is 10.0. The van der Waals surface area contributed by atoms with E-state index in [0.29, 0.717) is 6.42 Å². The molecule has 0 fully saturated rings. The van der Waals surface area contributed by atoms with Crippen molar-refractivity contribution in [1.29, 1.82) is 0 Å². The molecule has 0 aliphatic rings. The number of carbonyl (C=O) groups excluding carboxylic acids is 2. The fourth-order valence-corrected chi connectivity index (χ4v) is 5.80. The van der Waals surface area contributed by atoms with Gasteiger partial charge >= 0.3 is 19.8 Å². The summed E-state index contributed by atoms with van der Waals surface area (Å²) in [4.78, 5) is 42.7. The summed E-state index contributed by atoms with van der Waals surface area (Å²) in [5.41, 5.74) is 0. The van der Waals surface area contributed by atoms with Crippen LogP contribution in [0.25, 0.3) is 0 Å². The Morgan fingerprint density at radius 3 is 1.41 bits per heavy atom. The van der Waals surface area contributed by atoms with Crippen LogP contribution in [0.4, 0.5) is 0 Å². The molecule has 0 spiro atoms. The van der Waals surface area contributed by atoms with Crippen molar-refractivity contribution in [3.63, 3.8) is 0 Å². The molecule has 0 bridgehead atoms. The van der Waals surface area contributed by atoms with Crippen molar-refractivity contribution in [2.45, 2.75) is 193 Å². The predicted octanol–water partition coefficient (Wildman–Crippen LogP) is 11.8. The maximum atomic E-state index is 12.4. The van der Waals surface area contributed by atoms with Crippen LogP contribution in [-0.4, -0.2) is 41.0 Å². The van der Waals surface area contributed by atoms with E-state index in [4.69, 9.17) is 19.3 Å². The molecule has 0 unspecified atom stereocenters. The van der Waals surface area contributed by atoms with E-state index in [1.165, 1.54) is 96.3 Å². The summed E-state index contributed by atoms with van der Waals surface area (Å²) in [7, 11) is -4.76. The molecule has 49 heavy (non-hydrogen) atoms. The fraction of sp³-hybridized carbons (Fsp3) is 0.800. The maximum absolute atomic E-state index is 12.4. The molecule has 8 nitrogen and oxygen atoms in total. The SMILES string of the molecule is CCCCC/C=C\C/C=C\C/C=C\CCCCCCC(=O)O[C@H](COC(=O)CCCCCCCCCCCCCCCC)COP(=O)(O)O. The van der Waals surface area contributed by atoms with Gasteiger partial charge in [-0.25, -0.2) is 4.57 Å². The van der Waals surface area contributed by atoms with Gasteiger partial charge in [-0.3, -0.25) is 14.1 Å². The molecule has 2 N–H and O–H groups in total. The lowest BCUT2D eigenvalue weighted by Gasteiger charge is -2.18. The summed E-state index contributed by atoms with van der Waals surface area (Å²) in [6.07, 6.45) is 41.4. The number of carbonyl (C=O) groups is 2. The highest BCUT2D eigenvalue weighted by atomic mass is 31.2. The molecule has 9 heteroatoms. The van der Waals surface area contributed by atoms with Gasteiger partial charge in [-0.2, -0.15) is 0 Å². The Labute approximate surface area is 300 Å². The minimum absolute atomic E-state index is 0.188. The van der Waals surface area contributed by atoms with E-state index in [9.17, 15) is 14.2 Å². The van der Waals surface area contributed by atoms with Crippen LogP contribution in [0.1, 0.15) is 187 Å². The van der Waals surface area contributed by atoms with Gasteiger partial charge in [-0.15, -0.1) is 0 Å². The monoisotopic (exact) mass is 713 g/mol. The fourth-order valence-electron chi connectivity index (χ4n) is 5.44. The van der Waals surface area contributed by atoms with Crippen molar-refractivity contribution in [1.82, 2.24) is 0 Å². The lowest BCUT2D eigenvalue weighted by Crippen LogP contribution is -2.29. The summed E-state index contributed by atoms with van der Waals surface area (Å²) in [6.45, 7) is 3.64. The Kier molecular flexibility index (Phi) is 34.8. The molecule has 0 aliphatic carbocycles. The first-order valence-corrected chi connectivity index (χ1v) is 21.3. The quantitative estimate of drug-likeness (QED) is 0.0285. The van der Waals surface area contributed by atoms with Crippen molar-refractivity contribution in [2.75, 3.05) is 13.2 Å². The van der Waals surface area contributed by atoms with Crippen LogP contribution in [0.15, 0.2) is 36.5 Å². The standard InChI is InChI=1S/C40H73O8P/c1-3-5-7-9-11-13-15-17-19-20-21-23-25-27-29-31-33-35-40(42)48-38(37-47-49(43,44)45)36-46-39(41)34-32-30-28-26-24-22-18-16-14-12-10-8-6-4-2/h11,13,17,19,21,23,38H,3-10,12,14-16,18,20,22,24-37H2,1-2H3,(H2,43,44,45)/b13-11-,19-17-,23-21-/t38-/m1/s1. The summed E-state index contributed by atoms with van der Waals surface area (Å²) < 4.78 is 26.3. The maximum Gasteiger partial charge on any atom is 0.469 e. The van der Waals surface area contributed by atoms with Crippen molar-refractivity contribution in [3.8, 4) is 0 Å². The molecule has 0 rings (SSSR count). The first-order valence-electron chi connectivity index (χ1n) is 19.8. The third kappa shape index (κ3) is 38.9. The van der Waals surface area contributed by atoms with E-state index in [1.807, 2.05) is 0 Å². The second-order valence-electron chi connectivity index (χ2n) is 13.3. The minimum Gasteiger partial charge on any atom is -0.462 e. The van der Waals surface area contributed by atoms with E-state index in [0.717, 1.165) is 57.8 Å². The number of esters is 2. The van der Waals surface area contributed by atoms with Crippen LogP contribution in [0.5, 0.6) is 0 Å². The summed E-state index contributed by atoms with van der Waals surface area (Å²) >= 11 is 0. The molecule has 0 amide bonds. The zero-order chi connectivity index (χ0) is 36.1. The van der Waals surface area contributed by atoms with Crippen LogP contribution in [-0.2, 0) is 28.2 Å². The highest BCUT2D eigenvalue weighted by Gasteiger charge is 2.22. The second-order valence-corrected chi connectivity index (χ2v) is 14.5. The molecule has 1 atom stereocenters. The number of hydrogen-bond donors (Lipinski definition) is 2. The number of hydrogen-bond acceptors (Lipinski definition) is 6. The summed E-state index contributed by atoms with van der Waals surface area (Å²) in [5, 5.41) is 0. The van der Waals surface area contributed by atoms with Gasteiger partial charge in [0.2, 0.25) is 0 Å². The normalized spacial score (nSPS) is 12.8. The molecule has 0 saturated heterocycles. The minimum atomic E-state index is -4.76. The zero-order valence-corrected chi connectivity index (χ0v) is 32.2. The molecule has 0 aromatic heterocycles. The van der Waals surface area contributed by atoms with Crippen molar-refractivity contribution < 1.29 is 37.9 Å². The van der Waals surface area contributed by atoms with Crippen molar-refractivity contribution in [3.05, 3.63) is 36.5 Å². The van der Waals surface area contributed by atoms with Gasteiger partial charge in [0, 0.05) is 12.8 Å². The van der Waals surface area contributed by atoms with Gasteiger partial charge in [0.1, 0.15) is 6.61 Å². The molecule has 0 radical (unpaired) electrons. The summed E-state index contributed by atoms with van der Waals surface area (Å²) in [6, 6.07) is 0. The molecular weight excluding hydrogens is 639 g/mol. The van der Waals surface area contributed by atoms with E-state index < -0.39 is 32.5 Å². The van der Waals surface area contributed by atoms with Crippen LogP contribution >= 0.6 is 7.82 Å². The highest BCUT2D eigenvalue weighted by Crippen LogP contribution is 2.36. The molecule has 0 heterocycles.